The molecule has 15 heteroatoms. The van der Waals surface area contributed by atoms with Crippen LogP contribution in [0.15, 0.2) is 42.5 Å². The number of hydrogen-bond donors (Lipinski definition) is 1. The van der Waals surface area contributed by atoms with Gasteiger partial charge in [-0.2, -0.15) is 0 Å². The molecular formula is C26H25Cl2N5O7S. The van der Waals surface area contributed by atoms with Crippen LogP contribution in [0.3, 0.4) is 0 Å². The molecule has 1 aromatic heterocycles. The van der Waals surface area contributed by atoms with Gasteiger partial charge in [0.05, 0.1) is 32.9 Å². The predicted octanol–water partition coefficient (Wildman–Crippen LogP) is 3.32. The molecule has 0 aliphatic carbocycles. The van der Waals surface area contributed by atoms with Gasteiger partial charge in [0.25, 0.3) is 11.0 Å². The molecule has 1 amide bonds. The van der Waals surface area contributed by atoms with Gasteiger partial charge in [0.2, 0.25) is 0 Å². The summed E-state index contributed by atoms with van der Waals surface area (Å²) in [4.78, 5) is 32.7. The van der Waals surface area contributed by atoms with Gasteiger partial charge in [-0.15, -0.1) is 10.1 Å². The summed E-state index contributed by atoms with van der Waals surface area (Å²) in [6.45, 7) is -0.605. The average molecular weight is 626 g/mol. The molecule has 216 valence electrons. The SMILES string of the molecule is [2H]C([2H])([2H])OCc1c(C(=O)NN2CCS(=O)(=O)CC2)nc(-c2ccc(Cl)cc2Cl)n1-c1ccc(C#CCCO[N+](=O)[O-])cc1. The maximum Gasteiger partial charge on any atom is 0.294 e. The molecule has 1 saturated heterocycles. The third-order valence-electron chi connectivity index (χ3n) is 5.95. The van der Waals surface area contributed by atoms with Crippen molar-refractivity contribution in [1.29, 1.82) is 0 Å². The second-order valence-corrected chi connectivity index (χ2v) is 11.9. The number of methoxy groups -OCH3 is 1. The van der Waals surface area contributed by atoms with E-state index in [-0.39, 0.29) is 59.9 Å². The summed E-state index contributed by atoms with van der Waals surface area (Å²) in [6, 6.07) is 11.3. The van der Waals surface area contributed by atoms with Crippen LogP contribution in [0.2, 0.25) is 10.0 Å². The number of benzene rings is 2. The third kappa shape index (κ3) is 7.75. The monoisotopic (exact) mass is 624 g/mol. The van der Waals surface area contributed by atoms with Crippen LogP contribution in [0, 0.1) is 22.0 Å². The highest BCUT2D eigenvalue weighted by Crippen LogP contribution is 2.34. The lowest BCUT2D eigenvalue weighted by Gasteiger charge is -2.26. The Bertz CT molecular complexity index is 1710. The first kappa shape index (κ1) is 26.2. The van der Waals surface area contributed by atoms with Gasteiger partial charge in [-0.25, -0.2) is 18.4 Å². The van der Waals surface area contributed by atoms with Crippen molar-refractivity contribution in [3.05, 3.63) is 79.6 Å². The lowest BCUT2D eigenvalue weighted by Crippen LogP contribution is -2.50. The molecule has 1 aliphatic rings. The van der Waals surface area contributed by atoms with Gasteiger partial charge >= 0.3 is 0 Å². The minimum Gasteiger partial charge on any atom is -0.378 e. The summed E-state index contributed by atoms with van der Waals surface area (Å²) < 4.78 is 53.1. The van der Waals surface area contributed by atoms with E-state index < -0.39 is 34.5 Å². The molecule has 1 fully saturated rings. The number of carbonyl (C=O) groups excluding carboxylic acids is 1. The normalized spacial score (nSPS) is 16.0. The van der Waals surface area contributed by atoms with Crippen LogP contribution >= 0.6 is 23.2 Å². The Morgan fingerprint density at radius 3 is 2.61 bits per heavy atom. The van der Waals surface area contributed by atoms with Crippen molar-refractivity contribution >= 4 is 38.9 Å². The number of nitrogens with one attached hydrogen (secondary N) is 1. The van der Waals surface area contributed by atoms with Crippen LogP contribution in [-0.2, 0) is 26.0 Å². The zero-order valence-corrected chi connectivity index (χ0v) is 23.6. The fourth-order valence-electron chi connectivity index (χ4n) is 4.02. The van der Waals surface area contributed by atoms with Crippen molar-refractivity contribution in [2.75, 3.05) is 38.2 Å². The third-order valence-corrected chi connectivity index (χ3v) is 8.11. The second-order valence-electron chi connectivity index (χ2n) is 8.71. The summed E-state index contributed by atoms with van der Waals surface area (Å²) >= 11 is 12.6. The molecule has 0 atom stereocenters. The minimum absolute atomic E-state index is 0.0619. The largest absolute Gasteiger partial charge is 0.378 e. The average Bonchev–Trinajstić information content (AvgIpc) is 3.32. The number of sulfone groups is 1. The molecule has 2 heterocycles. The van der Waals surface area contributed by atoms with Crippen molar-refractivity contribution in [1.82, 2.24) is 20.0 Å². The summed E-state index contributed by atoms with van der Waals surface area (Å²) in [6.07, 6.45) is 0.126. The van der Waals surface area contributed by atoms with Gasteiger partial charge in [0.15, 0.2) is 15.5 Å². The van der Waals surface area contributed by atoms with Gasteiger partial charge in [-0.05, 0) is 42.5 Å². The molecule has 0 radical (unpaired) electrons. The van der Waals surface area contributed by atoms with Crippen molar-refractivity contribution < 1.29 is 32.0 Å². The fourth-order valence-corrected chi connectivity index (χ4v) is 5.71. The first-order chi connectivity index (χ1) is 20.7. The summed E-state index contributed by atoms with van der Waals surface area (Å²) in [5, 5.41) is 11.4. The lowest BCUT2D eigenvalue weighted by molar-refractivity contribution is -0.757. The molecule has 0 bridgehead atoms. The minimum atomic E-state index is -3.21. The number of nitrogens with zero attached hydrogens (tertiary/aromatic N) is 4. The van der Waals surface area contributed by atoms with Crippen LogP contribution < -0.4 is 5.43 Å². The first-order valence-corrected chi connectivity index (χ1v) is 14.6. The summed E-state index contributed by atoms with van der Waals surface area (Å²) in [5.41, 5.74) is 3.98. The quantitative estimate of drug-likeness (QED) is 0.164. The van der Waals surface area contributed by atoms with Gasteiger partial charge in [-0.1, -0.05) is 35.0 Å². The van der Waals surface area contributed by atoms with Gasteiger partial charge < -0.3 is 9.57 Å². The van der Waals surface area contributed by atoms with Crippen molar-refractivity contribution in [3.8, 4) is 28.9 Å². The number of hydrogen-bond acceptors (Lipinski definition) is 9. The highest BCUT2D eigenvalue weighted by molar-refractivity contribution is 7.91. The van der Waals surface area contributed by atoms with E-state index in [4.69, 9.17) is 32.1 Å². The molecule has 0 unspecified atom stereocenters. The standard InChI is InChI=1S/C26H25Cl2N5O7S/c1-39-17-23-24(26(34)30-31-11-14-41(37,38)15-12-31)29-25(21-10-7-19(27)16-22(21)28)32(23)20-8-5-18(6-9-20)4-2-3-13-40-33(35)36/h5-10,16H,3,11-15,17H2,1H3,(H,30,34)/i1D3. The number of aromatic nitrogens is 2. The Morgan fingerprint density at radius 2 is 1.95 bits per heavy atom. The Hall–Kier alpha value is -3.67. The van der Waals surface area contributed by atoms with E-state index in [2.05, 4.69) is 27.1 Å². The van der Waals surface area contributed by atoms with Gasteiger partial charge in [0.1, 0.15) is 12.4 Å². The molecule has 3 aromatic rings. The molecule has 12 nitrogen and oxygen atoms in total. The van der Waals surface area contributed by atoms with E-state index in [0.717, 1.165) is 0 Å². The first-order valence-electron chi connectivity index (χ1n) is 13.6. The van der Waals surface area contributed by atoms with Crippen LogP contribution in [0.5, 0.6) is 0 Å². The Morgan fingerprint density at radius 1 is 1.22 bits per heavy atom. The van der Waals surface area contributed by atoms with Crippen LogP contribution in [0.25, 0.3) is 17.1 Å². The molecule has 2 aromatic carbocycles. The molecular weight excluding hydrogens is 597 g/mol. The maximum absolute atomic E-state index is 13.6. The van der Waals surface area contributed by atoms with E-state index >= 15 is 0 Å². The number of rotatable bonds is 9. The molecule has 1 aliphatic heterocycles. The number of hydrazine groups is 1. The van der Waals surface area contributed by atoms with Crippen LogP contribution in [0.1, 0.15) is 32.3 Å². The smallest absolute Gasteiger partial charge is 0.294 e. The lowest BCUT2D eigenvalue weighted by atomic mass is 10.1. The molecule has 0 saturated carbocycles. The van der Waals surface area contributed by atoms with E-state index in [1.165, 1.54) is 15.6 Å². The van der Waals surface area contributed by atoms with E-state index in [9.17, 15) is 23.3 Å². The number of halogens is 2. The maximum atomic E-state index is 13.6. The zero-order valence-electron chi connectivity index (χ0n) is 24.3. The second kappa shape index (κ2) is 13.3. The van der Waals surface area contributed by atoms with Crippen LogP contribution in [-0.4, -0.2) is 72.2 Å². The molecule has 0 spiro atoms. The predicted molar refractivity (Wildman–Crippen MR) is 152 cm³/mol. The highest BCUT2D eigenvalue weighted by Gasteiger charge is 2.28. The zero-order chi connectivity index (χ0) is 32.1. The van der Waals surface area contributed by atoms with Crippen LogP contribution in [0.4, 0.5) is 0 Å². The summed E-state index contributed by atoms with van der Waals surface area (Å²) in [5.74, 6) is 4.83. The molecule has 4 rings (SSSR count). The Balaban J connectivity index is 1.78. The molecule has 1 N–H and O–H groups in total. The summed E-state index contributed by atoms with van der Waals surface area (Å²) in [7, 11) is -6.02. The van der Waals surface area contributed by atoms with E-state index in [1.54, 1.807) is 36.4 Å². The van der Waals surface area contributed by atoms with E-state index in [0.29, 0.717) is 21.8 Å². The highest BCUT2D eigenvalue weighted by atomic mass is 35.5. The molecule has 41 heavy (non-hydrogen) atoms. The Labute approximate surface area is 250 Å². The number of carbonyl (C=O) groups is 1. The van der Waals surface area contributed by atoms with E-state index in [1.807, 2.05) is 0 Å². The topological polar surface area (TPSA) is 146 Å². The number of amides is 1. The van der Waals surface area contributed by atoms with Gasteiger partial charge in [-0.3, -0.25) is 14.8 Å². The Kier molecular flexibility index (Phi) is 8.53. The number of ether oxygens (including phenoxy) is 1. The fraction of sp³-hybridized carbons (Fsp3) is 0.308. The van der Waals surface area contributed by atoms with Crippen molar-refractivity contribution in [2.45, 2.75) is 13.0 Å². The van der Waals surface area contributed by atoms with Gasteiger partial charge in [0, 0.05) is 48.4 Å². The van der Waals surface area contributed by atoms with Crippen molar-refractivity contribution in [2.24, 2.45) is 0 Å². The number of imidazole rings is 1. The van der Waals surface area contributed by atoms with Crippen molar-refractivity contribution in [3.63, 3.8) is 0 Å².